The monoisotopic (exact) mass is 480 g/mol. The zero-order chi connectivity index (χ0) is 24.0. The minimum atomic E-state index is -0.324. The van der Waals surface area contributed by atoms with E-state index in [0.29, 0.717) is 38.2 Å². The maximum Gasteiger partial charge on any atom is 0.249 e. The first-order valence-electron chi connectivity index (χ1n) is 13.9. The SMILES string of the molecule is O=C(NCCc1nc2ccccc2n1CC(=O)N(C1CCCCC1)C1CCCCC1)C1CCCO1. The quantitative estimate of drug-likeness (QED) is 0.609. The van der Waals surface area contributed by atoms with Crippen molar-refractivity contribution in [2.45, 2.75) is 108 Å². The predicted molar refractivity (Wildman–Crippen MR) is 136 cm³/mol. The topological polar surface area (TPSA) is 76.5 Å². The Kier molecular flexibility index (Phi) is 8.02. The molecule has 2 saturated carbocycles. The van der Waals surface area contributed by atoms with Crippen molar-refractivity contribution in [2.24, 2.45) is 0 Å². The van der Waals surface area contributed by atoms with Crippen LogP contribution in [0.4, 0.5) is 0 Å². The van der Waals surface area contributed by atoms with E-state index in [-0.39, 0.29) is 17.9 Å². The lowest BCUT2D eigenvalue weighted by Gasteiger charge is -2.42. The van der Waals surface area contributed by atoms with Crippen molar-refractivity contribution >= 4 is 22.8 Å². The number of nitrogens with one attached hydrogen (secondary N) is 1. The maximum absolute atomic E-state index is 14.0. The van der Waals surface area contributed by atoms with E-state index in [1.807, 2.05) is 18.2 Å². The molecule has 1 aromatic carbocycles. The second-order valence-corrected chi connectivity index (χ2v) is 10.5. The van der Waals surface area contributed by atoms with Gasteiger partial charge in [-0.2, -0.15) is 0 Å². The maximum atomic E-state index is 14.0. The van der Waals surface area contributed by atoms with Crippen LogP contribution in [0.2, 0.25) is 0 Å². The van der Waals surface area contributed by atoms with E-state index in [1.165, 1.54) is 38.5 Å². The molecule has 2 aromatic rings. The zero-order valence-corrected chi connectivity index (χ0v) is 20.9. The summed E-state index contributed by atoms with van der Waals surface area (Å²) in [5, 5.41) is 3.01. The number of carbonyl (C=O) groups excluding carboxylic acids is 2. The predicted octanol–water partition coefficient (Wildman–Crippen LogP) is 4.37. The smallest absolute Gasteiger partial charge is 0.249 e. The third kappa shape index (κ3) is 5.71. The molecule has 1 N–H and O–H groups in total. The summed E-state index contributed by atoms with van der Waals surface area (Å²) in [6.07, 6.45) is 14.0. The summed E-state index contributed by atoms with van der Waals surface area (Å²) >= 11 is 0. The van der Waals surface area contributed by atoms with E-state index >= 15 is 0 Å². The summed E-state index contributed by atoms with van der Waals surface area (Å²) in [6, 6.07) is 8.81. The molecule has 5 rings (SSSR count). The van der Waals surface area contributed by atoms with Gasteiger partial charge in [-0.05, 0) is 50.7 Å². The van der Waals surface area contributed by atoms with E-state index in [2.05, 4.69) is 20.9 Å². The third-order valence-corrected chi connectivity index (χ3v) is 8.12. The lowest BCUT2D eigenvalue weighted by molar-refractivity contribution is -0.138. The van der Waals surface area contributed by atoms with Gasteiger partial charge in [0.25, 0.3) is 0 Å². The van der Waals surface area contributed by atoms with Gasteiger partial charge in [-0.25, -0.2) is 4.98 Å². The molecule has 1 saturated heterocycles. The lowest BCUT2D eigenvalue weighted by Crippen LogP contribution is -2.50. The average molecular weight is 481 g/mol. The summed E-state index contributed by atoms with van der Waals surface area (Å²) in [5.74, 6) is 1.05. The molecule has 190 valence electrons. The Morgan fingerprint density at radius 3 is 2.29 bits per heavy atom. The first-order chi connectivity index (χ1) is 17.2. The number of carbonyl (C=O) groups is 2. The summed E-state index contributed by atoms with van der Waals surface area (Å²) in [5.41, 5.74) is 1.90. The molecule has 3 fully saturated rings. The Balaban J connectivity index is 1.33. The number of hydrogen-bond donors (Lipinski definition) is 1. The number of ether oxygens (including phenoxy) is 1. The van der Waals surface area contributed by atoms with Crippen LogP contribution in [0.5, 0.6) is 0 Å². The number of para-hydroxylation sites is 2. The Morgan fingerprint density at radius 1 is 0.943 bits per heavy atom. The van der Waals surface area contributed by atoms with Gasteiger partial charge in [0.05, 0.1) is 11.0 Å². The minimum Gasteiger partial charge on any atom is -0.368 e. The molecule has 0 radical (unpaired) electrons. The highest BCUT2D eigenvalue weighted by molar-refractivity contribution is 5.82. The van der Waals surface area contributed by atoms with Gasteiger partial charge in [-0.3, -0.25) is 9.59 Å². The molecule has 0 spiro atoms. The highest BCUT2D eigenvalue weighted by atomic mass is 16.5. The summed E-state index contributed by atoms with van der Waals surface area (Å²) < 4.78 is 7.59. The molecule has 7 heteroatoms. The molecule has 1 aromatic heterocycles. The molecule has 1 unspecified atom stereocenters. The fourth-order valence-electron chi connectivity index (χ4n) is 6.33. The van der Waals surface area contributed by atoms with Crippen molar-refractivity contribution in [1.82, 2.24) is 19.8 Å². The largest absolute Gasteiger partial charge is 0.368 e. The normalized spacial score (nSPS) is 21.9. The van der Waals surface area contributed by atoms with Crippen LogP contribution in [0.25, 0.3) is 11.0 Å². The van der Waals surface area contributed by atoms with E-state index < -0.39 is 0 Å². The van der Waals surface area contributed by atoms with Crippen molar-refractivity contribution in [3.8, 4) is 0 Å². The number of rotatable bonds is 8. The number of benzene rings is 1. The molecule has 2 amide bonds. The molecule has 2 aliphatic carbocycles. The molecule has 0 bridgehead atoms. The first-order valence-corrected chi connectivity index (χ1v) is 13.9. The Bertz CT molecular complexity index is 983. The van der Waals surface area contributed by atoms with E-state index in [0.717, 1.165) is 55.4 Å². The van der Waals surface area contributed by atoms with Crippen LogP contribution in [0.3, 0.4) is 0 Å². The summed E-state index contributed by atoms with van der Waals surface area (Å²) in [7, 11) is 0. The summed E-state index contributed by atoms with van der Waals surface area (Å²) in [6.45, 7) is 1.47. The lowest BCUT2D eigenvalue weighted by atomic mass is 9.88. The number of aromatic nitrogens is 2. The van der Waals surface area contributed by atoms with Gasteiger partial charge < -0.3 is 19.5 Å². The van der Waals surface area contributed by atoms with Gasteiger partial charge in [0.1, 0.15) is 18.5 Å². The van der Waals surface area contributed by atoms with Crippen LogP contribution in [0.1, 0.15) is 82.9 Å². The Morgan fingerprint density at radius 2 is 1.63 bits per heavy atom. The number of imidazole rings is 1. The van der Waals surface area contributed by atoms with Gasteiger partial charge in [-0.15, -0.1) is 0 Å². The molecule has 35 heavy (non-hydrogen) atoms. The standard InChI is InChI=1S/C28H40N4O3/c33-27(32(21-10-3-1-4-11-21)22-12-5-2-6-13-22)20-31-24-15-8-7-14-23(24)30-26(31)17-18-29-28(34)25-16-9-19-35-25/h7-8,14-15,21-22,25H,1-6,9-13,16-20H2,(H,29,34). The number of fused-ring (bicyclic) bond motifs is 1. The van der Waals surface area contributed by atoms with Crippen molar-refractivity contribution in [2.75, 3.05) is 13.2 Å². The molecular formula is C28H40N4O3. The van der Waals surface area contributed by atoms with E-state index in [4.69, 9.17) is 9.72 Å². The zero-order valence-electron chi connectivity index (χ0n) is 20.9. The first kappa shape index (κ1) is 24.3. The highest BCUT2D eigenvalue weighted by Crippen LogP contribution is 2.31. The fourth-order valence-corrected chi connectivity index (χ4v) is 6.33. The van der Waals surface area contributed by atoms with E-state index in [9.17, 15) is 9.59 Å². The second kappa shape index (κ2) is 11.5. The molecule has 1 aliphatic heterocycles. The van der Waals surface area contributed by atoms with Crippen LogP contribution < -0.4 is 5.32 Å². The number of hydrogen-bond acceptors (Lipinski definition) is 4. The molecule has 2 heterocycles. The highest BCUT2D eigenvalue weighted by Gasteiger charge is 2.33. The number of amides is 2. The van der Waals surface area contributed by atoms with Crippen LogP contribution in [-0.2, 0) is 27.3 Å². The van der Waals surface area contributed by atoms with Gasteiger partial charge in [0.2, 0.25) is 11.8 Å². The average Bonchev–Trinajstić information content (AvgIpc) is 3.55. The molecule has 7 nitrogen and oxygen atoms in total. The molecular weight excluding hydrogens is 440 g/mol. The van der Waals surface area contributed by atoms with Crippen LogP contribution in [-0.4, -0.2) is 57.6 Å². The van der Waals surface area contributed by atoms with Crippen LogP contribution >= 0.6 is 0 Å². The summed E-state index contributed by atoms with van der Waals surface area (Å²) in [4.78, 5) is 33.5. The van der Waals surface area contributed by atoms with Gasteiger partial charge in [0, 0.05) is 31.7 Å². The molecule has 3 aliphatic rings. The van der Waals surface area contributed by atoms with E-state index in [1.54, 1.807) is 0 Å². The van der Waals surface area contributed by atoms with Gasteiger partial charge in [-0.1, -0.05) is 50.7 Å². The van der Waals surface area contributed by atoms with Gasteiger partial charge in [0.15, 0.2) is 0 Å². The molecule has 1 atom stereocenters. The van der Waals surface area contributed by atoms with Crippen LogP contribution in [0, 0.1) is 0 Å². The minimum absolute atomic E-state index is 0.0398. The van der Waals surface area contributed by atoms with Crippen LogP contribution in [0.15, 0.2) is 24.3 Å². The number of nitrogens with zero attached hydrogens (tertiary/aromatic N) is 3. The fraction of sp³-hybridized carbons (Fsp3) is 0.679. The van der Waals surface area contributed by atoms with Crippen molar-refractivity contribution < 1.29 is 14.3 Å². The Labute approximate surface area is 208 Å². The van der Waals surface area contributed by atoms with Gasteiger partial charge >= 0.3 is 0 Å². The second-order valence-electron chi connectivity index (χ2n) is 10.5. The van der Waals surface area contributed by atoms with Crippen molar-refractivity contribution in [3.05, 3.63) is 30.1 Å². The van der Waals surface area contributed by atoms with Crippen molar-refractivity contribution in [1.29, 1.82) is 0 Å². The van der Waals surface area contributed by atoms with Crippen molar-refractivity contribution in [3.63, 3.8) is 0 Å². The third-order valence-electron chi connectivity index (χ3n) is 8.12. The Hall–Kier alpha value is -2.41.